The zero-order chi connectivity index (χ0) is 15.6. The SMILES string of the molecule is Cc1cc(Br)c(C(O)c2ccccc2OC(F)F)cc1Br. The molecule has 0 saturated carbocycles. The normalized spacial score (nSPS) is 12.5. The molecule has 112 valence electrons. The van der Waals surface area contributed by atoms with Crippen molar-refractivity contribution in [2.24, 2.45) is 0 Å². The molecule has 1 atom stereocenters. The highest BCUT2D eigenvalue weighted by molar-refractivity contribution is 9.11. The summed E-state index contributed by atoms with van der Waals surface area (Å²) in [7, 11) is 0. The average molecular weight is 422 g/mol. The van der Waals surface area contributed by atoms with Crippen LogP contribution in [0, 0.1) is 6.92 Å². The van der Waals surface area contributed by atoms with Crippen molar-refractivity contribution in [1.29, 1.82) is 0 Å². The van der Waals surface area contributed by atoms with Gasteiger partial charge in [0, 0.05) is 20.1 Å². The number of alkyl halides is 2. The zero-order valence-corrected chi connectivity index (χ0v) is 14.2. The molecule has 0 aromatic heterocycles. The van der Waals surface area contributed by atoms with E-state index in [1.54, 1.807) is 24.3 Å². The summed E-state index contributed by atoms with van der Waals surface area (Å²) in [5.41, 5.74) is 1.85. The molecule has 0 amide bonds. The maximum Gasteiger partial charge on any atom is 0.387 e. The highest BCUT2D eigenvalue weighted by Crippen LogP contribution is 2.36. The number of hydrogen-bond donors (Lipinski definition) is 1. The van der Waals surface area contributed by atoms with Gasteiger partial charge in [-0.2, -0.15) is 8.78 Å². The molecule has 0 bridgehead atoms. The van der Waals surface area contributed by atoms with Gasteiger partial charge in [-0.15, -0.1) is 0 Å². The number of benzene rings is 2. The Kier molecular flexibility index (Phi) is 5.35. The molecule has 2 aromatic rings. The van der Waals surface area contributed by atoms with Crippen molar-refractivity contribution in [3.63, 3.8) is 0 Å². The van der Waals surface area contributed by atoms with Gasteiger partial charge in [0.2, 0.25) is 0 Å². The maximum absolute atomic E-state index is 12.4. The number of para-hydroxylation sites is 1. The lowest BCUT2D eigenvalue weighted by Crippen LogP contribution is -2.08. The van der Waals surface area contributed by atoms with Crippen LogP contribution in [0.5, 0.6) is 5.75 Å². The molecular weight excluding hydrogens is 410 g/mol. The van der Waals surface area contributed by atoms with Crippen LogP contribution in [0.25, 0.3) is 0 Å². The highest BCUT2D eigenvalue weighted by atomic mass is 79.9. The topological polar surface area (TPSA) is 29.5 Å². The maximum atomic E-state index is 12.4. The molecule has 2 rings (SSSR count). The smallest absolute Gasteiger partial charge is 0.387 e. The molecule has 0 radical (unpaired) electrons. The number of aliphatic hydroxyl groups excluding tert-OH is 1. The van der Waals surface area contributed by atoms with Crippen LogP contribution in [0.3, 0.4) is 0 Å². The molecule has 0 saturated heterocycles. The summed E-state index contributed by atoms with van der Waals surface area (Å²) < 4.78 is 30.9. The Morgan fingerprint density at radius 3 is 2.38 bits per heavy atom. The van der Waals surface area contributed by atoms with Gasteiger partial charge < -0.3 is 9.84 Å². The summed E-state index contributed by atoms with van der Waals surface area (Å²) >= 11 is 6.78. The fourth-order valence-corrected chi connectivity index (χ4v) is 2.98. The van der Waals surface area contributed by atoms with Gasteiger partial charge in [-0.25, -0.2) is 0 Å². The average Bonchev–Trinajstić information content (AvgIpc) is 2.42. The van der Waals surface area contributed by atoms with E-state index in [1.165, 1.54) is 6.07 Å². The van der Waals surface area contributed by atoms with Crippen molar-refractivity contribution < 1.29 is 18.6 Å². The predicted molar refractivity (Wildman–Crippen MR) is 83.7 cm³/mol. The fourth-order valence-electron chi connectivity index (χ4n) is 1.95. The lowest BCUT2D eigenvalue weighted by atomic mass is 10.00. The minimum atomic E-state index is -2.94. The Morgan fingerprint density at radius 2 is 1.71 bits per heavy atom. The Morgan fingerprint density at radius 1 is 1.05 bits per heavy atom. The van der Waals surface area contributed by atoms with E-state index >= 15 is 0 Å². The molecule has 6 heteroatoms. The first-order chi connectivity index (χ1) is 9.90. The van der Waals surface area contributed by atoms with E-state index in [9.17, 15) is 13.9 Å². The molecule has 2 aromatic carbocycles. The van der Waals surface area contributed by atoms with E-state index in [0.717, 1.165) is 10.0 Å². The van der Waals surface area contributed by atoms with Gasteiger partial charge in [-0.1, -0.05) is 50.1 Å². The van der Waals surface area contributed by atoms with E-state index in [1.807, 2.05) is 13.0 Å². The molecule has 0 aliphatic heterocycles. The first kappa shape index (κ1) is 16.4. The fraction of sp³-hybridized carbons (Fsp3) is 0.200. The molecule has 0 aliphatic rings. The van der Waals surface area contributed by atoms with E-state index in [2.05, 4.69) is 36.6 Å². The summed E-state index contributed by atoms with van der Waals surface area (Å²) in [4.78, 5) is 0. The Labute approximate surface area is 138 Å². The zero-order valence-electron chi connectivity index (χ0n) is 11.0. The van der Waals surface area contributed by atoms with Gasteiger partial charge in [0.1, 0.15) is 11.9 Å². The van der Waals surface area contributed by atoms with Crippen molar-refractivity contribution in [2.45, 2.75) is 19.6 Å². The minimum Gasteiger partial charge on any atom is -0.434 e. The van der Waals surface area contributed by atoms with Gasteiger partial charge in [0.25, 0.3) is 0 Å². The summed E-state index contributed by atoms with van der Waals surface area (Å²) in [6, 6.07) is 9.80. The standard InChI is InChI=1S/C15H12Br2F2O2/c1-8-6-12(17)10(7-11(8)16)14(20)9-4-2-3-5-13(9)21-15(18)19/h2-7,14-15,20H,1H3. The molecule has 0 fully saturated rings. The number of aryl methyl sites for hydroxylation is 1. The molecular formula is C15H12Br2F2O2. The van der Waals surface area contributed by atoms with Crippen LogP contribution in [-0.2, 0) is 0 Å². The van der Waals surface area contributed by atoms with Crippen molar-refractivity contribution in [3.8, 4) is 5.75 Å². The van der Waals surface area contributed by atoms with Crippen LogP contribution in [0.1, 0.15) is 22.8 Å². The predicted octanol–water partition coefficient (Wildman–Crippen LogP) is 5.20. The van der Waals surface area contributed by atoms with Gasteiger partial charge in [-0.05, 0) is 30.7 Å². The molecule has 21 heavy (non-hydrogen) atoms. The van der Waals surface area contributed by atoms with Crippen LogP contribution in [0.2, 0.25) is 0 Å². The van der Waals surface area contributed by atoms with Gasteiger partial charge in [-0.3, -0.25) is 0 Å². The lowest BCUT2D eigenvalue weighted by molar-refractivity contribution is -0.0512. The lowest BCUT2D eigenvalue weighted by Gasteiger charge is -2.18. The van der Waals surface area contributed by atoms with E-state index in [-0.39, 0.29) is 11.3 Å². The summed E-state index contributed by atoms with van der Waals surface area (Å²) in [6.45, 7) is -1.02. The summed E-state index contributed by atoms with van der Waals surface area (Å²) in [5, 5.41) is 10.5. The van der Waals surface area contributed by atoms with Crippen molar-refractivity contribution >= 4 is 31.9 Å². The molecule has 0 aliphatic carbocycles. The highest BCUT2D eigenvalue weighted by Gasteiger charge is 2.20. The van der Waals surface area contributed by atoms with Crippen molar-refractivity contribution in [1.82, 2.24) is 0 Å². The van der Waals surface area contributed by atoms with Crippen molar-refractivity contribution in [2.75, 3.05) is 0 Å². The van der Waals surface area contributed by atoms with Crippen LogP contribution in [0.15, 0.2) is 45.3 Å². The third-order valence-electron chi connectivity index (χ3n) is 3.00. The van der Waals surface area contributed by atoms with E-state index in [0.29, 0.717) is 10.0 Å². The summed E-state index contributed by atoms with van der Waals surface area (Å²) in [5.74, 6) is -0.0383. The number of rotatable bonds is 4. The van der Waals surface area contributed by atoms with E-state index < -0.39 is 12.7 Å². The Hall–Kier alpha value is -0.980. The second-order valence-electron chi connectivity index (χ2n) is 4.44. The molecule has 1 unspecified atom stereocenters. The van der Waals surface area contributed by atoms with Crippen LogP contribution in [0.4, 0.5) is 8.78 Å². The largest absolute Gasteiger partial charge is 0.434 e. The Balaban J connectivity index is 2.45. The third kappa shape index (κ3) is 3.81. The molecule has 1 N–H and O–H groups in total. The van der Waals surface area contributed by atoms with Gasteiger partial charge in [0.05, 0.1) is 0 Å². The van der Waals surface area contributed by atoms with Gasteiger partial charge in [0.15, 0.2) is 0 Å². The van der Waals surface area contributed by atoms with Crippen LogP contribution < -0.4 is 4.74 Å². The molecule has 0 spiro atoms. The second-order valence-corrected chi connectivity index (χ2v) is 6.15. The Bertz CT molecular complexity index is 648. The number of hydrogen-bond acceptors (Lipinski definition) is 2. The second kappa shape index (κ2) is 6.85. The summed E-state index contributed by atoms with van der Waals surface area (Å²) in [6.07, 6.45) is -1.08. The van der Waals surface area contributed by atoms with Gasteiger partial charge >= 0.3 is 6.61 Å². The minimum absolute atomic E-state index is 0.0383. The monoisotopic (exact) mass is 420 g/mol. The van der Waals surface area contributed by atoms with E-state index in [4.69, 9.17) is 0 Å². The number of halogens is 4. The number of ether oxygens (including phenoxy) is 1. The molecule has 2 nitrogen and oxygen atoms in total. The third-order valence-corrected chi connectivity index (χ3v) is 4.54. The first-order valence-corrected chi connectivity index (χ1v) is 7.66. The van der Waals surface area contributed by atoms with Crippen LogP contribution in [-0.4, -0.2) is 11.7 Å². The first-order valence-electron chi connectivity index (χ1n) is 6.07. The quantitative estimate of drug-likeness (QED) is 0.734. The van der Waals surface area contributed by atoms with Crippen LogP contribution >= 0.6 is 31.9 Å². The molecule has 0 heterocycles. The number of aliphatic hydroxyl groups is 1. The van der Waals surface area contributed by atoms with Crippen molar-refractivity contribution in [3.05, 3.63) is 62.0 Å².